The second-order valence-corrected chi connectivity index (χ2v) is 9.43. The maximum Gasteiger partial charge on any atom is 0.182 e. The topological polar surface area (TPSA) is 60.7 Å². The molecule has 3 saturated carbocycles. The molecule has 0 spiro atoms. The largest absolute Gasteiger partial charge is 0.377 e. The average Bonchev–Trinajstić information content (AvgIpc) is 2.80. The Bertz CT molecular complexity index is 617. The minimum atomic E-state index is -1.64. The highest BCUT2D eigenvalue weighted by Gasteiger charge is 2.64. The van der Waals surface area contributed by atoms with E-state index in [0.29, 0.717) is 30.1 Å². The standard InChI is InChI=1S/C21H30O3/c1-4-20(22)10-8-17-15-6-5-14-13-21(23,24)12-11-18(14,2)16(15)7-9-19(17,20)3/h1,11-12,14-17,22-24H,5-10,13H2,2-3H3/t14?,15-,16+,17+,18+,19+,20+/m1/s1. The van der Waals surface area contributed by atoms with Crippen LogP contribution in [0.5, 0.6) is 0 Å². The lowest BCUT2D eigenvalue weighted by Gasteiger charge is -2.60. The van der Waals surface area contributed by atoms with Crippen LogP contribution in [-0.4, -0.2) is 26.7 Å². The zero-order valence-corrected chi connectivity index (χ0v) is 14.8. The Kier molecular flexibility index (Phi) is 3.38. The molecule has 3 N–H and O–H groups in total. The Labute approximate surface area is 145 Å². The van der Waals surface area contributed by atoms with E-state index in [2.05, 4.69) is 25.8 Å². The third-order valence-electron chi connectivity index (χ3n) is 8.61. The van der Waals surface area contributed by atoms with Crippen molar-refractivity contribution in [2.24, 2.45) is 34.5 Å². The normalized spacial score (nSPS) is 55.2. The van der Waals surface area contributed by atoms with E-state index >= 15 is 0 Å². The number of hydrogen-bond acceptors (Lipinski definition) is 3. The van der Waals surface area contributed by atoms with Gasteiger partial charge in [0.1, 0.15) is 5.60 Å². The van der Waals surface area contributed by atoms with Crippen molar-refractivity contribution in [3.05, 3.63) is 12.2 Å². The summed E-state index contributed by atoms with van der Waals surface area (Å²) in [7, 11) is 0. The summed E-state index contributed by atoms with van der Waals surface area (Å²) in [6, 6.07) is 0. The van der Waals surface area contributed by atoms with Crippen LogP contribution in [0.15, 0.2) is 12.2 Å². The maximum absolute atomic E-state index is 11.0. The van der Waals surface area contributed by atoms with Gasteiger partial charge in [-0.2, -0.15) is 0 Å². The van der Waals surface area contributed by atoms with Crippen molar-refractivity contribution in [3.8, 4) is 12.3 Å². The first-order valence-corrected chi connectivity index (χ1v) is 9.50. The minimum Gasteiger partial charge on any atom is -0.377 e. The van der Waals surface area contributed by atoms with E-state index < -0.39 is 11.4 Å². The van der Waals surface area contributed by atoms with Gasteiger partial charge in [-0.05, 0) is 73.7 Å². The second-order valence-electron chi connectivity index (χ2n) is 9.43. The fraction of sp³-hybridized carbons (Fsp3) is 0.810. The molecule has 0 aliphatic heterocycles. The molecule has 4 aliphatic carbocycles. The van der Waals surface area contributed by atoms with Gasteiger partial charge < -0.3 is 15.3 Å². The minimum absolute atomic E-state index is 0.0378. The van der Waals surface area contributed by atoms with Crippen LogP contribution < -0.4 is 0 Å². The molecule has 4 rings (SSSR count). The van der Waals surface area contributed by atoms with Crippen molar-refractivity contribution in [2.75, 3.05) is 0 Å². The SMILES string of the molecule is C#C[C@]1(O)CC[C@H]2[C@@H]3CCC4CC(O)(O)C=C[C@]4(C)[C@H]3CC[C@@]21C. The van der Waals surface area contributed by atoms with Crippen LogP contribution in [0.3, 0.4) is 0 Å². The van der Waals surface area contributed by atoms with Crippen LogP contribution in [-0.2, 0) is 0 Å². The van der Waals surface area contributed by atoms with Gasteiger partial charge in [0.2, 0.25) is 0 Å². The predicted octanol–water partition coefficient (Wildman–Crippen LogP) is 2.85. The summed E-state index contributed by atoms with van der Waals surface area (Å²) in [6.07, 6.45) is 15.8. The van der Waals surface area contributed by atoms with Crippen LogP contribution in [0.25, 0.3) is 0 Å². The summed E-state index contributed by atoms with van der Waals surface area (Å²) in [4.78, 5) is 0. The Balaban J connectivity index is 1.68. The molecule has 0 heterocycles. The van der Waals surface area contributed by atoms with E-state index in [0.717, 1.165) is 38.5 Å². The lowest BCUT2D eigenvalue weighted by Crippen LogP contribution is -2.56. The molecule has 3 nitrogen and oxygen atoms in total. The number of terminal acetylenes is 1. The van der Waals surface area contributed by atoms with E-state index in [-0.39, 0.29) is 10.8 Å². The summed E-state index contributed by atoms with van der Waals surface area (Å²) in [5.41, 5.74) is -1.08. The lowest BCUT2D eigenvalue weighted by atomic mass is 9.45. The van der Waals surface area contributed by atoms with Crippen LogP contribution in [0, 0.1) is 46.8 Å². The molecule has 0 amide bonds. The first kappa shape index (κ1) is 16.6. The Hall–Kier alpha value is -0.820. The molecular formula is C21H30O3. The zero-order valence-electron chi connectivity index (χ0n) is 14.8. The van der Waals surface area contributed by atoms with E-state index in [1.807, 2.05) is 0 Å². The monoisotopic (exact) mass is 330 g/mol. The highest BCUT2D eigenvalue weighted by atomic mass is 16.5. The second kappa shape index (κ2) is 4.87. The highest BCUT2D eigenvalue weighted by molar-refractivity contribution is 5.25. The quantitative estimate of drug-likeness (QED) is 0.364. The van der Waals surface area contributed by atoms with E-state index in [4.69, 9.17) is 6.42 Å². The van der Waals surface area contributed by atoms with Gasteiger partial charge in [-0.3, -0.25) is 0 Å². The fourth-order valence-electron chi connectivity index (χ4n) is 7.05. The summed E-state index contributed by atoms with van der Waals surface area (Å²) in [5, 5.41) is 31.1. The van der Waals surface area contributed by atoms with Gasteiger partial charge in [-0.1, -0.05) is 25.8 Å². The van der Waals surface area contributed by atoms with Crippen molar-refractivity contribution in [1.82, 2.24) is 0 Å². The predicted molar refractivity (Wildman–Crippen MR) is 92.6 cm³/mol. The van der Waals surface area contributed by atoms with Crippen LogP contribution in [0.2, 0.25) is 0 Å². The van der Waals surface area contributed by atoms with Gasteiger partial charge in [-0.15, -0.1) is 6.42 Å². The molecule has 3 heteroatoms. The molecule has 4 aliphatic rings. The van der Waals surface area contributed by atoms with Crippen molar-refractivity contribution in [1.29, 1.82) is 0 Å². The first-order valence-electron chi connectivity index (χ1n) is 9.50. The summed E-state index contributed by atoms with van der Waals surface area (Å²) >= 11 is 0. The molecule has 0 radical (unpaired) electrons. The maximum atomic E-state index is 11.0. The van der Waals surface area contributed by atoms with Gasteiger partial charge in [0.15, 0.2) is 5.79 Å². The third kappa shape index (κ3) is 1.97. The summed E-state index contributed by atoms with van der Waals surface area (Å²) in [5.74, 6) is 3.04. The molecule has 0 aromatic rings. The van der Waals surface area contributed by atoms with Gasteiger partial charge in [0.25, 0.3) is 0 Å². The van der Waals surface area contributed by atoms with Crippen molar-refractivity contribution in [3.63, 3.8) is 0 Å². The van der Waals surface area contributed by atoms with Crippen LogP contribution >= 0.6 is 0 Å². The smallest absolute Gasteiger partial charge is 0.182 e. The molecule has 7 atom stereocenters. The number of allylic oxidation sites excluding steroid dienone is 1. The van der Waals surface area contributed by atoms with E-state index in [1.165, 1.54) is 0 Å². The van der Waals surface area contributed by atoms with Gasteiger partial charge in [0.05, 0.1) is 0 Å². The number of aliphatic hydroxyl groups is 3. The van der Waals surface area contributed by atoms with E-state index in [9.17, 15) is 15.3 Å². The molecular weight excluding hydrogens is 300 g/mol. The molecule has 3 fully saturated rings. The van der Waals surface area contributed by atoms with E-state index in [1.54, 1.807) is 6.08 Å². The molecule has 132 valence electrons. The third-order valence-corrected chi connectivity index (χ3v) is 8.61. The first-order chi connectivity index (χ1) is 11.2. The Morgan fingerprint density at radius 3 is 2.38 bits per heavy atom. The van der Waals surface area contributed by atoms with Gasteiger partial charge in [-0.25, -0.2) is 0 Å². The molecule has 0 aromatic carbocycles. The molecule has 0 saturated heterocycles. The molecule has 24 heavy (non-hydrogen) atoms. The number of fused-ring (bicyclic) bond motifs is 5. The van der Waals surface area contributed by atoms with Crippen LogP contribution in [0.4, 0.5) is 0 Å². The Morgan fingerprint density at radius 1 is 0.958 bits per heavy atom. The fourth-order valence-corrected chi connectivity index (χ4v) is 7.05. The van der Waals surface area contributed by atoms with Crippen molar-refractivity contribution in [2.45, 2.75) is 70.2 Å². The summed E-state index contributed by atoms with van der Waals surface area (Å²) in [6.45, 7) is 4.52. The van der Waals surface area contributed by atoms with Gasteiger partial charge in [0, 0.05) is 11.8 Å². The number of hydrogen-bond donors (Lipinski definition) is 3. The van der Waals surface area contributed by atoms with Crippen molar-refractivity contribution >= 4 is 0 Å². The Morgan fingerprint density at radius 2 is 1.67 bits per heavy atom. The highest BCUT2D eigenvalue weighted by Crippen LogP contribution is 2.67. The summed E-state index contributed by atoms with van der Waals surface area (Å²) < 4.78 is 0. The van der Waals surface area contributed by atoms with Gasteiger partial charge >= 0.3 is 0 Å². The molecule has 0 bridgehead atoms. The zero-order chi connectivity index (χ0) is 17.4. The van der Waals surface area contributed by atoms with Crippen LogP contribution in [0.1, 0.15) is 58.8 Å². The lowest BCUT2D eigenvalue weighted by molar-refractivity contribution is -0.172. The number of rotatable bonds is 0. The van der Waals surface area contributed by atoms with Crippen molar-refractivity contribution < 1.29 is 15.3 Å². The molecule has 1 unspecified atom stereocenters. The average molecular weight is 330 g/mol. The molecule has 0 aromatic heterocycles.